The summed E-state index contributed by atoms with van der Waals surface area (Å²) in [5.41, 5.74) is 3.57. The average Bonchev–Trinajstić information content (AvgIpc) is 2.72. The van der Waals surface area contributed by atoms with Gasteiger partial charge in [0.1, 0.15) is 5.82 Å². The molecule has 0 bridgehead atoms. The van der Waals surface area contributed by atoms with Gasteiger partial charge < -0.3 is 4.98 Å². The maximum atomic E-state index is 5.78. The Hall–Kier alpha value is -1.61. The molecule has 2 aromatic rings. The third kappa shape index (κ3) is 3.20. The van der Waals surface area contributed by atoms with Gasteiger partial charge in [-0.25, -0.2) is 4.98 Å². The molecule has 0 aliphatic heterocycles. The lowest BCUT2D eigenvalue weighted by Crippen LogP contribution is -1.92. The first-order valence-corrected chi connectivity index (χ1v) is 6.30. The summed E-state index contributed by atoms with van der Waals surface area (Å²) in [7, 11) is 0. The van der Waals surface area contributed by atoms with Crippen molar-refractivity contribution in [3.63, 3.8) is 0 Å². The molecule has 0 fully saturated rings. The van der Waals surface area contributed by atoms with Crippen molar-refractivity contribution in [2.45, 2.75) is 27.7 Å². The van der Waals surface area contributed by atoms with Crippen molar-refractivity contribution < 1.29 is 0 Å². The number of aromatic nitrogens is 3. The highest BCUT2D eigenvalue weighted by molar-refractivity contribution is 6.30. The van der Waals surface area contributed by atoms with Crippen molar-refractivity contribution in [2.75, 3.05) is 0 Å². The highest BCUT2D eigenvalue weighted by Crippen LogP contribution is 2.19. The number of hydrogen-bond donors (Lipinski definition) is 1. The first-order chi connectivity index (χ1) is 8.58. The van der Waals surface area contributed by atoms with Crippen LogP contribution in [-0.4, -0.2) is 15.0 Å². The fourth-order valence-corrected chi connectivity index (χ4v) is 1.48. The third-order valence-corrected chi connectivity index (χ3v) is 2.67. The van der Waals surface area contributed by atoms with Gasteiger partial charge in [-0.3, -0.25) is 4.98 Å². The molecule has 0 saturated heterocycles. The lowest BCUT2D eigenvalue weighted by molar-refractivity contribution is 1.17. The Morgan fingerprint density at radius 1 is 1.28 bits per heavy atom. The zero-order valence-electron chi connectivity index (χ0n) is 11.2. The van der Waals surface area contributed by atoms with Gasteiger partial charge in [0.25, 0.3) is 0 Å². The van der Waals surface area contributed by atoms with E-state index in [2.05, 4.69) is 21.5 Å². The number of halogens is 1. The first-order valence-electron chi connectivity index (χ1n) is 5.92. The van der Waals surface area contributed by atoms with Gasteiger partial charge in [0, 0.05) is 17.5 Å². The van der Waals surface area contributed by atoms with Crippen molar-refractivity contribution in [1.82, 2.24) is 15.0 Å². The summed E-state index contributed by atoms with van der Waals surface area (Å²) in [6.45, 7) is 11.9. The number of imidazole rings is 1. The second-order valence-electron chi connectivity index (χ2n) is 3.64. The minimum Gasteiger partial charge on any atom is -0.342 e. The minimum atomic E-state index is 0.614. The number of aryl methyl sites for hydroxylation is 2. The van der Waals surface area contributed by atoms with Gasteiger partial charge in [-0.2, -0.15) is 0 Å². The number of rotatable bonds is 2. The van der Waals surface area contributed by atoms with Gasteiger partial charge >= 0.3 is 0 Å². The van der Waals surface area contributed by atoms with Crippen molar-refractivity contribution in [3.8, 4) is 0 Å². The number of hydrogen-bond acceptors (Lipinski definition) is 2. The summed E-state index contributed by atoms with van der Waals surface area (Å²) in [4.78, 5) is 11.8. The van der Waals surface area contributed by atoms with E-state index in [1.54, 1.807) is 12.3 Å². The van der Waals surface area contributed by atoms with Crippen LogP contribution in [0.4, 0.5) is 0 Å². The Morgan fingerprint density at radius 3 is 2.39 bits per heavy atom. The predicted octanol–water partition coefficient (Wildman–Crippen LogP) is 4.16. The molecule has 2 aromatic heterocycles. The van der Waals surface area contributed by atoms with E-state index in [1.165, 1.54) is 0 Å². The second-order valence-corrected chi connectivity index (χ2v) is 4.07. The maximum absolute atomic E-state index is 5.78. The van der Waals surface area contributed by atoms with Crippen molar-refractivity contribution in [2.24, 2.45) is 0 Å². The standard InChI is InChI=1S/C12H12ClN3.C2H6/c1-7(11-5-4-10(13)6-14-11)12-15-8(2)9(3)16-12;1-2/h4-6H,1H2,2-3H3,(H,15,16);1-2H3. The van der Waals surface area contributed by atoms with Crippen LogP contribution in [0.1, 0.15) is 36.8 Å². The van der Waals surface area contributed by atoms with Crippen molar-refractivity contribution >= 4 is 17.2 Å². The van der Waals surface area contributed by atoms with Gasteiger partial charge in [-0.1, -0.05) is 32.0 Å². The fourth-order valence-electron chi connectivity index (χ4n) is 1.37. The molecule has 18 heavy (non-hydrogen) atoms. The van der Waals surface area contributed by atoms with E-state index in [1.807, 2.05) is 33.8 Å². The van der Waals surface area contributed by atoms with E-state index in [9.17, 15) is 0 Å². The average molecular weight is 264 g/mol. The fraction of sp³-hybridized carbons (Fsp3) is 0.286. The van der Waals surface area contributed by atoms with E-state index in [0.717, 1.165) is 28.5 Å². The molecule has 0 saturated carbocycles. The molecule has 0 amide bonds. The molecule has 2 rings (SSSR count). The molecule has 3 nitrogen and oxygen atoms in total. The van der Waals surface area contributed by atoms with Gasteiger partial charge in [0.05, 0.1) is 16.4 Å². The quantitative estimate of drug-likeness (QED) is 0.884. The minimum absolute atomic E-state index is 0.614. The highest BCUT2D eigenvalue weighted by atomic mass is 35.5. The molecule has 0 aliphatic rings. The van der Waals surface area contributed by atoms with Gasteiger partial charge in [-0.05, 0) is 26.0 Å². The van der Waals surface area contributed by atoms with E-state index >= 15 is 0 Å². The molecule has 96 valence electrons. The van der Waals surface area contributed by atoms with Crippen LogP contribution in [0.25, 0.3) is 5.57 Å². The molecule has 2 heterocycles. The Morgan fingerprint density at radius 2 is 1.94 bits per heavy atom. The predicted molar refractivity (Wildman–Crippen MR) is 76.8 cm³/mol. The molecular formula is C14H18ClN3. The van der Waals surface area contributed by atoms with Crippen LogP contribution in [0.2, 0.25) is 5.02 Å². The van der Waals surface area contributed by atoms with E-state index in [-0.39, 0.29) is 0 Å². The second kappa shape index (κ2) is 6.36. The van der Waals surface area contributed by atoms with Crippen molar-refractivity contribution in [3.05, 3.63) is 52.8 Å². The summed E-state index contributed by atoms with van der Waals surface area (Å²) in [5.74, 6) is 0.754. The molecular weight excluding hydrogens is 246 g/mol. The SMILES string of the molecule is C=C(c1ccc(Cl)cn1)c1nc(C)c(C)[nH]1.CC. The summed E-state index contributed by atoms with van der Waals surface area (Å²) >= 11 is 5.78. The Bertz CT molecular complexity index is 507. The van der Waals surface area contributed by atoms with Crippen LogP contribution in [0.3, 0.4) is 0 Å². The number of nitrogens with zero attached hydrogens (tertiary/aromatic N) is 2. The smallest absolute Gasteiger partial charge is 0.139 e. The number of pyridine rings is 1. The Kier molecular flexibility index (Phi) is 5.10. The summed E-state index contributed by atoms with van der Waals surface area (Å²) < 4.78 is 0. The molecule has 0 aliphatic carbocycles. The summed E-state index contributed by atoms with van der Waals surface area (Å²) in [6.07, 6.45) is 1.60. The van der Waals surface area contributed by atoms with Crippen LogP contribution in [0.5, 0.6) is 0 Å². The van der Waals surface area contributed by atoms with Crippen LogP contribution >= 0.6 is 11.6 Å². The van der Waals surface area contributed by atoms with Gasteiger partial charge in [0.2, 0.25) is 0 Å². The Labute approximate surface area is 113 Å². The molecule has 1 N–H and O–H groups in total. The van der Waals surface area contributed by atoms with E-state index in [0.29, 0.717) is 5.02 Å². The normalized spacial score (nSPS) is 9.61. The largest absolute Gasteiger partial charge is 0.342 e. The van der Waals surface area contributed by atoms with Crippen LogP contribution in [0.15, 0.2) is 24.9 Å². The molecule has 0 atom stereocenters. The zero-order chi connectivity index (χ0) is 13.7. The molecule has 0 spiro atoms. The van der Waals surface area contributed by atoms with Gasteiger partial charge in [-0.15, -0.1) is 0 Å². The molecule has 0 radical (unpaired) electrons. The zero-order valence-corrected chi connectivity index (χ0v) is 12.0. The number of H-pyrrole nitrogens is 1. The van der Waals surface area contributed by atoms with Crippen molar-refractivity contribution in [1.29, 1.82) is 0 Å². The lowest BCUT2D eigenvalue weighted by Gasteiger charge is -2.01. The lowest BCUT2D eigenvalue weighted by atomic mass is 10.2. The van der Waals surface area contributed by atoms with E-state index in [4.69, 9.17) is 11.6 Å². The van der Waals surface area contributed by atoms with Crippen LogP contribution in [-0.2, 0) is 0 Å². The molecule has 4 heteroatoms. The first kappa shape index (κ1) is 14.5. The molecule has 0 aromatic carbocycles. The monoisotopic (exact) mass is 263 g/mol. The topological polar surface area (TPSA) is 41.6 Å². The maximum Gasteiger partial charge on any atom is 0.139 e. The Balaban J connectivity index is 0.000000771. The number of aromatic amines is 1. The summed E-state index contributed by atoms with van der Waals surface area (Å²) in [6, 6.07) is 3.62. The van der Waals surface area contributed by atoms with Crippen LogP contribution < -0.4 is 0 Å². The van der Waals surface area contributed by atoms with Crippen LogP contribution in [0, 0.1) is 13.8 Å². The number of nitrogens with one attached hydrogen (secondary N) is 1. The molecule has 0 unspecified atom stereocenters. The highest BCUT2D eigenvalue weighted by Gasteiger charge is 2.09. The summed E-state index contributed by atoms with van der Waals surface area (Å²) in [5, 5.41) is 0.614. The van der Waals surface area contributed by atoms with Gasteiger partial charge in [0.15, 0.2) is 0 Å². The third-order valence-electron chi connectivity index (χ3n) is 2.45. The van der Waals surface area contributed by atoms with E-state index < -0.39 is 0 Å².